The molecule has 0 radical (unpaired) electrons. The normalized spacial score (nSPS) is 19.9. The molecule has 0 saturated heterocycles. The number of hydrogen-bond acceptors (Lipinski definition) is 2. The van der Waals surface area contributed by atoms with Crippen LogP contribution in [0.5, 0.6) is 0 Å². The van der Waals surface area contributed by atoms with Crippen molar-refractivity contribution in [3.63, 3.8) is 0 Å². The van der Waals surface area contributed by atoms with Gasteiger partial charge in [0.05, 0.1) is 11.7 Å². The first kappa shape index (κ1) is 15.6. The molecule has 1 aromatic rings. The third kappa shape index (κ3) is 4.08. The van der Waals surface area contributed by atoms with E-state index in [4.69, 9.17) is 5.10 Å². The van der Waals surface area contributed by atoms with Crippen LogP contribution in [0, 0.1) is 5.41 Å². The first-order chi connectivity index (χ1) is 9.67. The SMILES string of the molecule is CCCC(C)(CNC)Cc1ccn(C2CCCCC2)n1. The maximum Gasteiger partial charge on any atom is 0.0630 e. The lowest BCUT2D eigenvalue weighted by Crippen LogP contribution is -2.32. The zero-order chi connectivity index (χ0) is 14.4. The van der Waals surface area contributed by atoms with Crippen LogP contribution in [-0.4, -0.2) is 23.4 Å². The summed E-state index contributed by atoms with van der Waals surface area (Å²) < 4.78 is 2.24. The van der Waals surface area contributed by atoms with Gasteiger partial charge in [0, 0.05) is 12.7 Å². The van der Waals surface area contributed by atoms with Gasteiger partial charge >= 0.3 is 0 Å². The molecule has 0 aromatic carbocycles. The second kappa shape index (κ2) is 7.26. The maximum absolute atomic E-state index is 4.87. The van der Waals surface area contributed by atoms with E-state index in [9.17, 15) is 0 Å². The van der Waals surface area contributed by atoms with Gasteiger partial charge in [-0.15, -0.1) is 0 Å². The highest BCUT2D eigenvalue weighted by molar-refractivity contribution is 5.04. The van der Waals surface area contributed by atoms with Crippen LogP contribution in [0.1, 0.15) is 70.5 Å². The highest BCUT2D eigenvalue weighted by Crippen LogP contribution is 2.30. The van der Waals surface area contributed by atoms with Gasteiger partial charge < -0.3 is 5.32 Å². The van der Waals surface area contributed by atoms with Crippen molar-refractivity contribution in [1.29, 1.82) is 0 Å². The molecule has 0 aliphatic heterocycles. The van der Waals surface area contributed by atoms with E-state index in [0.29, 0.717) is 11.5 Å². The van der Waals surface area contributed by atoms with Crippen LogP contribution < -0.4 is 5.32 Å². The molecule has 20 heavy (non-hydrogen) atoms. The first-order valence-electron chi connectivity index (χ1n) is 8.35. The van der Waals surface area contributed by atoms with E-state index < -0.39 is 0 Å². The molecule has 0 amide bonds. The van der Waals surface area contributed by atoms with Crippen molar-refractivity contribution in [2.45, 2.75) is 71.3 Å². The number of nitrogens with zero attached hydrogens (tertiary/aromatic N) is 2. The standard InChI is InChI=1S/C17H31N3/c1-4-11-17(2,14-18-3)13-15-10-12-20(19-15)16-8-6-5-7-9-16/h10,12,16,18H,4-9,11,13-14H2,1-3H3. The van der Waals surface area contributed by atoms with Gasteiger partial charge in [-0.3, -0.25) is 4.68 Å². The lowest BCUT2D eigenvalue weighted by atomic mass is 9.81. The van der Waals surface area contributed by atoms with Crippen molar-refractivity contribution in [3.05, 3.63) is 18.0 Å². The summed E-state index contributed by atoms with van der Waals surface area (Å²) in [5, 5.41) is 8.22. The molecule has 1 unspecified atom stereocenters. The van der Waals surface area contributed by atoms with Gasteiger partial charge in [-0.25, -0.2) is 0 Å². The van der Waals surface area contributed by atoms with Gasteiger partial charge in [0.1, 0.15) is 0 Å². The van der Waals surface area contributed by atoms with Crippen molar-refractivity contribution in [2.75, 3.05) is 13.6 Å². The summed E-state index contributed by atoms with van der Waals surface area (Å²) in [5.74, 6) is 0. The van der Waals surface area contributed by atoms with Crippen LogP contribution in [-0.2, 0) is 6.42 Å². The Morgan fingerprint density at radius 1 is 1.35 bits per heavy atom. The Morgan fingerprint density at radius 3 is 2.75 bits per heavy atom. The van der Waals surface area contributed by atoms with Crippen molar-refractivity contribution in [3.8, 4) is 0 Å². The predicted molar refractivity (Wildman–Crippen MR) is 85.0 cm³/mol. The molecule has 114 valence electrons. The quantitative estimate of drug-likeness (QED) is 0.817. The number of nitrogens with one attached hydrogen (secondary N) is 1. The summed E-state index contributed by atoms with van der Waals surface area (Å²) in [4.78, 5) is 0. The number of hydrogen-bond donors (Lipinski definition) is 1. The van der Waals surface area contributed by atoms with Crippen LogP contribution >= 0.6 is 0 Å². The first-order valence-corrected chi connectivity index (χ1v) is 8.35. The van der Waals surface area contributed by atoms with E-state index in [-0.39, 0.29) is 0 Å². The minimum atomic E-state index is 0.329. The van der Waals surface area contributed by atoms with Crippen LogP contribution in [0.3, 0.4) is 0 Å². The molecule has 0 bridgehead atoms. The van der Waals surface area contributed by atoms with Crippen molar-refractivity contribution in [1.82, 2.24) is 15.1 Å². The minimum absolute atomic E-state index is 0.329. The van der Waals surface area contributed by atoms with E-state index in [2.05, 4.69) is 43.2 Å². The molecule has 1 saturated carbocycles. The van der Waals surface area contributed by atoms with Crippen molar-refractivity contribution >= 4 is 0 Å². The van der Waals surface area contributed by atoms with E-state index in [1.807, 2.05) is 0 Å². The fraction of sp³-hybridized carbons (Fsp3) is 0.824. The summed E-state index contributed by atoms with van der Waals surface area (Å²) in [6.45, 7) is 5.72. The largest absolute Gasteiger partial charge is 0.319 e. The van der Waals surface area contributed by atoms with E-state index in [0.717, 1.165) is 13.0 Å². The Morgan fingerprint density at radius 2 is 2.10 bits per heavy atom. The summed E-state index contributed by atoms with van der Waals surface area (Å²) in [6, 6.07) is 2.89. The molecule has 1 fully saturated rings. The maximum atomic E-state index is 4.87. The third-order valence-corrected chi connectivity index (χ3v) is 4.68. The van der Waals surface area contributed by atoms with Crippen molar-refractivity contribution < 1.29 is 0 Å². The van der Waals surface area contributed by atoms with Gasteiger partial charge in [0.25, 0.3) is 0 Å². The predicted octanol–water partition coefficient (Wildman–Crippen LogP) is 3.96. The van der Waals surface area contributed by atoms with Crippen LogP contribution in [0.25, 0.3) is 0 Å². The van der Waals surface area contributed by atoms with E-state index >= 15 is 0 Å². The highest BCUT2D eigenvalue weighted by atomic mass is 15.3. The van der Waals surface area contributed by atoms with E-state index in [1.54, 1.807) is 0 Å². The average molecular weight is 277 g/mol. The van der Waals surface area contributed by atoms with Gasteiger partial charge in [-0.1, -0.05) is 39.5 Å². The molecule has 1 aliphatic carbocycles. The molecule has 1 heterocycles. The minimum Gasteiger partial charge on any atom is -0.319 e. The van der Waals surface area contributed by atoms with Crippen LogP contribution in [0.2, 0.25) is 0 Å². The van der Waals surface area contributed by atoms with Crippen LogP contribution in [0.4, 0.5) is 0 Å². The second-order valence-corrected chi connectivity index (χ2v) is 6.85. The monoisotopic (exact) mass is 277 g/mol. The highest BCUT2D eigenvalue weighted by Gasteiger charge is 2.25. The number of aromatic nitrogens is 2. The fourth-order valence-corrected chi connectivity index (χ4v) is 3.73. The molecule has 1 aliphatic rings. The molecule has 3 nitrogen and oxygen atoms in total. The third-order valence-electron chi connectivity index (χ3n) is 4.68. The second-order valence-electron chi connectivity index (χ2n) is 6.85. The summed E-state index contributed by atoms with van der Waals surface area (Å²) in [7, 11) is 2.05. The average Bonchev–Trinajstić information content (AvgIpc) is 2.88. The summed E-state index contributed by atoms with van der Waals surface area (Å²) >= 11 is 0. The number of rotatable bonds is 7. The van der Waals surface area contributed by atoms with Gasteiger partial charge in [0.2, 0.25) is 0 Å². The zero-order valence-corrected chi connectivity index (χ0v) is 13.5. The lowest BCUT2D eigenvalue weighted by Gasteiger charge is -2.28. The Balaban J connectivity index is 2.00. The van der Waals surface area contributed by atoms with Gasteiger partial charge in [-0.2, -0.15) is 5.10 Å². The molecular weight excluding hydrogens is 246 g/mol. The molecule has 2 rings (SSSR count). The summed E-state index contributed by atoms with van der Waals surface area (Å²) in [6.07, 6.45) is 12.5. The summed E-state index contributed by atoms with van der Waals surface area (Å²) in [5.41, 5.74) is 1.59. The van der Waals surface area contributed by atoms with E-state index in [1.165, 1.54) is 50.6 Å². The van der Waals surface area contributed by atoms with Crippen molar-refractivity contribution in [2.24, 2.45) is 5.41 Å². The molecule has 1 atom stereocenters. The van der Waals surface area contributed by atoms with Crippen LogP contribution in [0.15, 0.2) is 12.3 Å². The lowest BCUT2D eigenvalue weighted by molar-refractivity contribution is 0.276. The molecule has 3 heteroatoms. The Kier molecular flexibility index (Phi) is 5.64. The molecule has 1 aromatic heterocycles. The molecule has 0 spiro atoms. The Hall–Kier alpha value is -0.830. The molecule has 1 N–H and O–H groups in total. The zero-order valence-electron chi connectivity index (χ0n) is 13.5. The topological polar surface area (TPSA) is 29.9 Å². The smallest absolute Gasteiger partial charge is 0.0630 e. The Labute approximate surface area is 124 Å². The fourth-order valence-electron chi connectivity index (χ4n) is 3.73. The van der Waals surface area contributed by atoms with Gasteiger partial charge in [-0.05, 0) is 44.2 Å². The Bertz CT molecular complexity index is 385. The molecular formula is C17H31N3. The van der Waals surface area contributed by atoms with Gasteiger partial charge in [0.15, 0.2) is 0 Å².